The van der Waals surface area contributed by atoms with Crippen molar-refractivity contribution in [1.29, 1.82) is 0 Å². The molecule has 0 bridgehead atoms. The van der Waals surface area contributed by atoms with Crippen molar-refractivity contribution in [2.24, 2.45) is 0 Å². The van der Waals surface area contributed by atoms with Gasteiger partial charge in [-0.15, -0.1) is 0 Å². The van der Waals surface area contributed by atoms with E-state index < -0.39 is 11.8 Å². The van der Waals surface area contributed by atoms with Gasteiger partial charge in [0.1, 0.15) is 0 Å². The van der Waals surface area contributed by atoms with Gasteiger partial charge in [0.05, 0.1) is 33.6 Å². The van der Waals surface area contributed by atoms with E-state index in [1.165, 1.54) is 13.1 Å². The molecule has 4 aromatic rings. The van der Waals surface area contributed by atoms with E-state index in [9.17, 15) is 14.4 Å². The largest absolute Gasteiger partial charge is 0.326 e. The molecule has 0 saturated carbocycles. The summed E-state index contributed by atoms with van der Waals surface area (Å²) in [7, 11) is 0. The number of pyridine rings is 1. The van der Waals surface area contributed by atoms with Crippen LogP contribution in [0.5, 0.6) is 0 Å². The number of imide groups is 1. The Kier molecular flexibility index (Phi) is 4.37. The quantitative estimate of drug-likeness (QED) is 0.504. The SMILES string of the molecule is CC(=O)Nc1ccc(N2C(=O)c3cnc4c(c(C)nn4-c4ccccc4C)c3C2=O)cc1. The molecule has 0 atom stereocenters. The normalized spacial score (nSPS) is 13.0. The van der Waals surface area contributed by atoms with Gasteiger partial charge in [-0.05, 0) is 49.7 Å². The number of aryl methyl sites for hydroxylation is 2. The van der Waals surface area contributed by atoms with Gasteiger partial charge in [0.15, 0.2) is 5.65 Å². The van der Waals surface area contributed by atoms with Crippen LogP contribution in [-0.2, 0) is 4.79 Å². The lowest BCUT2D eigenvalue weighted by molar-refractivity contribution is -0.114. The van der Waals surface area contributed by atoms with Crippen LogP contribution < -0.4 is 10.2 Å². The zero-order valence-electron chi connectivity index (χ0n) is 17.7. The molecule has 0 radical (unpaired) electrons. The van der Waals surface area contributed by atoms with Gasteiger partial charge in [0.25, 0.3) is 11.8 Å². The number of rotatable bonds is 3. The molecule has 2 aromatic heterocycles. The van der Waals surface area contributed by atoms with Gasteiger partial charge in [-0.1, -0.05) is 18.2 Å². The Morgan fingerprint density at radius 1 is 0.969 bits per heavy atom. The van der Waals surface area contributed by atoms with Crippen LogP contribution in [0.4, 0.5) is 11.4 Å². The molecule has 0 unspecified atom stereocenters. The van der Waals surface area contributed by atoms with Gasteiger partial charge in [0.2, 0.25) is 5.91 Å². The highest BCUT2D eigenvalue weighted by atomic mass is 16.2. The molecule has 32 heavy (non-hydrogen) atoms. The lowest BCUT2D eigenvalue weighted by atomic mass is 10.1. The Hall–Kier alpha value is -4.33. The third kappa shape index (κ3) is 2.88. The molecule has 5 rings (SSSR count). The van der Waals surface area contributed by atoms with Crippen molar-refractivity contribution in [3.05, 3.63) is 77.1 Å². The summed E-state index contributed by atoms with van der Waals surface area (Å²) >= 11 is 0. The summed E-state index contributed by atoms with van der Waals surface area (Å²) in [6.07, 6.45) is 1.44. The Bertz CT molecular complexity index is 1440. The number of carbonyl (C=O) groups is 3. The highest BCUT2D eigenvalue weighted by Crippen LogP contribution is 2.35. The Labute approximate surface area is 183 Å². The highest BCUT2D eigenvalue weighted by molar-refractivity contribution is 6.37. The summed E-state index contributed by atoms with van der Waals surface area (Å²) in [6.45, 7) is 5.20. The van der Waals surface area contributed by atoms with Crippen LogP contribution in [0.3, 0.4) is 0 Å². The summed E-state index contributed by atoms with van der Waals surface area (Å²) in [5, 5.41) is 7.87. The second-order valence-corrected chi connectivity index (χ2v) is 7.70. The van der Waals surface area contributed by atoms with E-state index in [2.05, 4.69) is 15.4 Å². The van der Waals surface area contributed by atoms with E-state index in [0.29, 0.717) is 33.7 Å². The molecule has 0 saturated heterocycles. The fourth-order valence-electron chi connectivity index (χ4n) is 4.06. The van der Waals surface area contributed by atoms with E-state index in [0.717, 1.165) is 16.2 Å². The van der Waals surface area contributed by atoms with Crippen molar-refractivity contribution in [3.63, 3.8) is 0 Å². The van der Waals surface area contributed by atoms with Gasteiger partial charge in [-0.3, -0.25) is 14.4 Å². The smallest absolute Gasteiger partial charge is 0.267 e. The molecule has 2 aromatic carbocycles. The molecule has 1 aliphatic rings. The Morgan fingerprint density at radius 3 is 2.38 bits per heavy atom. The van der Waals surface area contributed by atoms with Gasteiger partial charge in [-0.2, -0.15) is 5.10 Å². The van der Waals surface area contributed by atoms with Crippen LogP contribution in [0.1, 0.15) is 38.9 Å². The highest BCUT2D eigenvalue weighted by Gasteiger charge is 2.40. The van der Waals surface area contributed by atoms with Crippen LogP contribution >= 0.6 is 0 Å². The Morgan fingerprint density at radius 2 is 1.69 bits per heavy atom. The standard InChI is InChI=1S/C24H19N5O3/c1-13-6-4-5-7-19(13)29-22-20(14(2)27-29)21-18(12-25-22)23(31)28(24(21)32)17-10-8-16(9-11-17)26-15(3)30/h4-12H,1-3H3,(H,26,30). The number of anilines is 2. The van der Waals surface area contributed by atoms with E-state index in [-0.39, 0.29) is 11.5 Å². The fraction of sp³-hybridized carbons (Fsp3) is 0.125. The predicted molar refractivity (Wildman–Crippen MR) is 120 cm³/mol. The first-order chi connectivity index (χ1) is 15.4. The number of fused-ring (bicyclic) bond motifs is 3. The van der Waals surface area contributed by atoms with Gasteiger partial charge >= 0.3 is 0 Å². The number of nitrogens with zero attached hydrogens (tertiary/aromatic N) is 4. The monoisotopic (exact) mass is 425 g/mol. The number of hydrogen-bond acceptors (Lipinski definition) is 5. The van der Waals surface area contributed by atoms with Crippen molar-refractivity contribution in [1.82, 2.24) is 14.8 Å². The molecule has 3 amide bonds. The second-order valence-electron chi connectivity index (χ2n) is 7.70. The van der Waals surface area contributed by atoms with Crippen LogP contribution in [0.15, 0.2) is 54.7 Å². The predicted octanol–water partition coefficient (Wildman–Crippen LogP) is 3.80. The maximum Gasteiger partial charge on any atom is 0.267 e. The number of benzene rings is 2. The van der Waals surface area contributed by atoms with Gasteiger partial charge in [0, 0.05) is 18.8 Å². The molecule has 8 heteroatoms. The number of amides is 3. The maximum atomic E-state index is 13.4. The third-order valence-corrected chi connectivity index (χ3v) is 5.51. The average Bonchev–Trinajstić information content (AvgIpc) is 3.23. The number of hydrogen-bond donors (Lipinski definition) is 1. The minimum atomic E-state index is -0.435. The zero-order chi connectivity index (χ0) is 22.6. The first-order valence-electron chi connectivity index (χ1n) is 10.1. The maximum absolute atomic E-state index is 13.4. The third-order valence-electron chi connectivity index (χ3n) is 5.51. The first-order valence-corrected chi connectivity index (χ1v) is 10.1. The molecule has 0 spiro atoms. The van der Waals surface area contributed by atoms with Gasteiger partial charge < -0.3 is 5.32 Å². The first kappa shape index (κ1) is 19.6. The number of aromatic nitrogens is 3. The second kappa shape index (κ2) is 7.12. The zero-order valence-corrected chi connectivity index (χ0v) is 17.7. The fourth-order valence-corrected chi connectivity index (χ4v) is 4.06. The topological polar surface area (TPSA) is 97.2 Å². The minimum absolute atomic E-state index is 0.201. The number of para-hydroxylation sites is 1. The summed E-state index contributed by atoms with van der Waals surface area (Å²) < 4.78 is 1.71. The van der Waals surface area contributed by atoms with Crippen molar-refractivity contribution >= 4 is 40.1 Å². The van der Waals surface area contributed by atoms with Gasteiger partial charge in [-0.25, -0.2) is 14.6 Å². The van der Waals surface area contributed by atoms with E-state index in [1.807, 2.05) is 38.1 Å². The van der Waals surface area contributed by atoms with Crippen molar-refractivity contribution in [2.75, 3.05) is 10.2 Å². The molecular weight excluding hydrogens is 406 g/mol. The molecule has 8 nitrogen and oxygen atoms in total. The van der Waals surface area contributed by atoms with E-state index >= 15 is 0 Å². The van der Waals surface area contributed by atoms with Crippen LogP contribution in [0.25, 0.3) is 16.7 Å². The average molecular weight is 425 g/mol. The minimum Gasteiger partial charge on any atom is -0.326 e. The molecule has 0 fully saturated rings. The van der Waals surface area contributed by atoms with Crippen LogP contribution in [-0.4, -0.2) is 32.5 Å². The van der Waals surface area contributed by atoms with E-state index in [4.69, 9.17) is 0 Å². The molecule has 158 valence electrons. The van der Waals surface area contributed by atoms with Crippen LogP contribution in [0.2, 0.25) is 0 Å². The summed E-state index contributed by atoms with van der Waals surface area (Å²) in [6, 6.07) is 14.3. The lowest BCUT2D eigenvalue weighted by Crippen LogP contribution is -2.29. The van der Waals surface area contributed by atoms with Crippen molar-refractivity contribution in [2.45, 2.75) is 20.8 Å². The summed E-state index contributed by atoms with van der Waals surface area (Å²) in [5.74, 6) is -1.06. The molecule has 1 aliphatic heterocycles. The molecule has 1 N–H and O–H groups in total. The lowest BCUT2D eigenvalue weighted by Gasteiger charge is -2.14. The van der Waals surface area contributed by atoms with E-state index in [1.54, 1.807) is 28.9 Å². The number of nitrogens with one attached hydrogen (secondary N) is 1. The van der Waals surface area contributed by atoms with Crippen molar-refractivity contribution < 1.29 is 14.4 Å². The Balaban J connectivity index is 1.62. The molecular formula is C24H19N5O3. The molecule has 3 heterocycles. The van der Waals surface area contributed by atoms with Crippen molar-refractivity contribution in [3.8, 4) is 5.69 Å². The summed E-state index contributed by atoms with van der Waals surface area (Å²) in [4.78, 5) is 43.4. The van der Waals surface area contributed by atoms with Crippen LogP contribution in [0, 0.1) is 13.8 Å². The number of carbonyl (C=O) groups excluding carboxylic acids is 3. The molecule has 0 aliphatic carbocycles. The summed E-state index contributed by atoms with van der Waals surface area (Å²) in [5.41, 5.74) is 4.59.